The minimum Gasteiger partial charge on any atom is -0.333 e. The second kappa shape index (κ2) is 10.7. The third-order valence-electron chi connectivity index (χ3n) is 5.56. The second-order valence-corrected chi connectivity index (χ2v) is 10.2. The largest absolute Gasteiger partial charge is 0.333 e. The molecule has 34 heavy (non-hydrogen) atoms. The van der Waals surface area contributed by atoms with Crippen LogP contribution >= 0.6 is 0 Å². The molecule has 1 aromatic heterocycles. The molecule has 2 amide bonds. The van der Waals surface area contributed by atoms with Crippen molar-refractivity contribution in [1.29, 1.82) is 0 Å². The minimum absolute atomic E-state index is 0.00630. The number of nitrogens with zero attached hydrogens (tertiary/aromatic N) is 3. The van der Waals surface area contributed by atoms with E-state index < -0.39 is 0 Å². The van der Waals surface area contributed by atoms with Gasteiger partial charge in [0.2, 0.25) is 11.8 Å². The Kier molecular flexibility index (Phi) is 7.92. The van der Waals surface area contributed by atoms with E-state index in [1.54, 1.807) is 9.58 Å². The SMILES string of the molecule is Cc1ccccc1-n1nc(C(C)(C)C)cc1NC(=O)CN(CC(C)C)C(=O)Cc1ccccc1. The van der Waals surface area contributed by atoms with Crippen LogP contribution in [-0.4, -0.2) is 39.6 Å². The lowest BCUT2D eigenvalue weighted by molar-refractivity contribution is -0.134. The maximum atomic E-state index is 13.1. The van der Waals surface area contributed by atoms with Crippen LogP contribution < -0.4 is 5.32 Å². The number of carbonyl (C=O) groups excluding carboxylic acids is 2. The highest BCUT2D eigenvalue weighted by atomic mass is 16.2. The van der Waals surface area contributed by atoms with Crippen molar-refractivity contribution in [3.05, 3.63) is 77.5 Å². The Hall–Kier alpha value is -3.41. The van der Waals surface area contributed by atoms with Crippen LogP contribution in [0.25, 0.3) is 5.69 Å². The molecule has 3 rings (SSSR count). The highest BCUT2D eigenvalue weighted by Crippen LogP contribution is 2.27. The number of anilines is 1. The molecule has 2 aromatic carbocycles. The highest BCUT2D eigenvalue weighted by Gasteiger charge is 2.24. The number of para-hydroxylation sites is 1. The van der Waals surface area contributed by atoms with Crippen LogP contribution in [0.4, 0.5) is 5.82 Å². The lowest BCUT2D eigenvalue weighted by Crippen LogP contribution is -2.41. The van der Waals surface area contributed by atoms with Gasteiger partial charge in [-0.05, 0) is 30.0 Å². The van der Waals surface area contributed by atoms with Crippen LogP contribution in [0.2, 0.25) is 0 Å². The first-order chi connectivity index (χ1) is 16.0. The van der Waals surface area contributed by atoms with Gasteiger partial charge in [0, 0.05) is 18.0 Å². The van der Waals surface area contributed by atoms with Gasteiger partial charge >= 0.3 is 0 Å². The molecule has 0 aliphatic heterocycles. The van der Waals surface area contributed by atoms with Gasteiger partial charge in [-0.2, -0.15) is 5.10 Å². The first-order valence-electron chi connectivity index (χ1n) is 11.8. The monoisotopic (exact) mass is 460 g/mol. The summed E-state index contributed by atoms with van der Waals surface area (Å²) >= 11 is 0. The van der Waals surface area contributed by atoms with Crippen molar-refractivity contribution in [2.24, 2.45) is 5.92 Å². The molecule has 0 fully saturated rings. The summed E-state index contributed by atoms with van der Waals surface area (Å²) in [5, 5.41) is 7.82. The number of nitrogens with one attached hydrogen (secondary N) is 1. The van der Waals surface area contributed by atoms with Crippen LogP contribution in [0.3, 0.4) is 0 Å². The first-order valence-corrected chi connectivity index (χ1v) is 11.8. The Morgan fingerprint density at radius 3 is 2.29 bits per heavy atom. The summed E-state index contributed by atoms with van der Waals surface area (Å²) < 4.78 is 1.78. The predicted molar refractivity (Wildman–Crippen MR) is 137 cm³/mol. The van der Waals surface area contributed by atoms with E-state index in [9.17, 15) is 9.59 Å². The van der Waals surface area contributed by atoms with E-state index in [0.717, 1.165) is 22.5 Å². The zero-order valence-electron chi connectivity index (χ0n) is 21.1. The average molecular weight is 461 g/mol. The fraction of sp³-hybridized carbons (Fsp3) is 0.393. The first kappa shape index (κ1) is 25.2. The van der Waals surface area contributed by atoms with Crippen molar-refractivity contribution in [3.8, 4) is 5.69 Å². The lowest BCUT2D eigenvalue weighted by atomic mass is 9.92. The predicted octanol–water partition coefficient (Wildman–Crippen LogP) is 5.14. The molecule has 0 aliphatic carbocycles. The molecule has 0 spiro atoms. The summed E-state index contributed by atoms with van der Waals surface area (Å²) in [7, 11) is 0. The molecule has 6 heteroatoms. The molecule has 0 aliphatic rings. The van der Waals surface area contributed by atoms with E-state index in [0.29, 0.717) is 12.4 Å². The van der Waals surface area contributed by atoms with Crippen LogP contribution in [-0.2, 0) is 21.4 Å². The molecule has 0 atom stereocenters. The molecule has 0 radical (unpaired) electrons. The molecule has 0 unspecified atom stereocenters. The number of aryl methyl sites for hydroxylation is 1. The second-order valence-electron chi connectivity index (χ2n) is 10.2. The van der Waals surface area contributed by atoms with Gasteiger partial charge in [-0.1, -0.05) is 83.1 Å². The zero-order valence-corrected chi connectivity index (χ0v) is 21.1. The smallest absolute Gasteiger partial charge is 0.245 e. The number of aromatic nitrogens is 2. The van der Waals surface area contributed by atoms with Crippen molar-refractivity contribution in [2.75, 3.05) is 18.4 Å². The standard InChI is InChI=1S/C28H36N4O2/c1-20(2)18-31(27(34)16-22-13-8-7-9-14-22)19-26(33)29-25-17-24(28(4,5)6)30-32(25)23-15-11-10-12-21(23)3/h7-15,17,20H,16,18-19H2,1-6H3,(H,29,33). The van der Waals surface area contributed by atoms with E-state index in [4.69, 9.17) is 5.10 Å². The maximum Gasteiger partial charge on any atom is 0.245 e. The van der Waals surface area contributed by atoms with Gasteiger partial charge in [0.1, 0.15) is 5.82 Å². The van der Waals surface area contributed by atoms with Crippen molar-refractivity contribution < 1.29 is 9.59 Å². The Labute approximate surface area is 203 Å². The summed E-state index contributed by atoms with van der Waals surface area (Å²) in [6.07, 6.45) is 0.274. The van der Waals surface area contributed by atoms with Gasteiger partial charge in [0.05, 0.1) is 24.3 Å². The van der Waals surface area contributed by atoms with Gasteiger partial charge in [-0.3, -0.25) is 9.59 Å². The summed E-state index contributed by atoms with van der Waals surface area (Å²) in [4.78, 5) is 27.8. The van der Waals surface area contributed by atoms with Crippen molar-refractivity contribution >= 4 is 17.6 Å². The fourth-order valence-corrected chi connectivity index (χ4v) is 3.75. The zero-order chi connectivity index (χ0) is 24.9. The van der Waals surface area contributed by atoms with Crippen LogP contribution in [0.5, 0.6) is 0 Å². The fourth-order valence-electron chi connectivity index (χ4n) is 3.75. The van der Waals surface area contributed by atoms with Gasteiger partial charge in [-0.25, -0.2) is 4.68 Å². The Morgan fingerprint density at radius 2 is 1.68 bits per heavy atom. The molecule has 180 valence electrons. The van der Waals surface area contributed by atoms with E-state index in [-0.39, 0.29) is 36.1 Å². The molecule has 0 bridgehead atoms. The average Bonchev–Trinajstić information content (AvgIpc) is 3.18. The number of hydrogen-bond donors (Lipinski definition) is 1. The van der Waals surface area contributed by atoms with Crippen LogP contribution in [0.15, 0.2) is 60.7 Å². The molecule has 1 N–H and O–H groups in total. The highest BCUT2D eigenvalue weighted by molar-refractivity contribution is 5.94. The molecule has 1 heterocycles. The number of hydrogen-bond acceptors (Lipinski definition) is 3. The quantitative estimate of drug-likeness (QED) is 0.506. The summed E-state index contributed by atoms with van der Waals surface area (Å²) in [6.45, 7) is 12.9. The van der Waals surface area contributed by atoms with E-state index in [1.807, 2.05) is 81.4 Å². The molecule has 6 nitrogen and oxygen atoms in total. The molecule has 0 saturated carbocycles. The van der Waals surface area contributed by atoms with Crippen molar-refractivity contribution in [2.45, 2.75) is 53.4 Å². The van der Waals surface area contributed by atoms with Gasteiger partial charge in [-0.15, -0.1) is 0 Å². The third kappa shape index (κ3) is 6.56. The number of amides is 2. The number of rotatable bonds is 8. The number of carbonyl (C=O) groups is 2. The van der Waals surface area contributed by atoms with Crippen molar-refractivity contribution in [1.82, 2.24) is 14.7 Å². The van der Waals surface area contributed by atoms with Gasteiger partial charge in [0.15, 0.2) is 0 Å². The van der Waals surface area contributed by atoms with E-state index >= 15 is 0 Å². The topological polar surface area (TPSA) is 67.2 Å². The number of benzene rings is 2. The maximum absolute atomic E-state index is 13.1. The van der Waals surface area contributed by atoms with Gasteiger partial charge < -0.3 is 10.2 Å². The Bertz CT molecular complexity index is 1130. The third-order valence-corrected chi connectivity index (χ3v) is 5.56. The lowest BCUT2D eigenvalue weighted by Gasteiger charge is -2.24. The van der Waals surface area contributed by atoms with Crippen LogP contribution in [0, 0.1) is 12.8 Å². The van der Waals surface area contributed by atoms with E-state index in [2.05, 4.69) is 26.1 Å². The van der Waals surface area contributed by atoms with Crippen molar-refractivity contribution in [3.63, 3.8) is 0 Å². The molecule has 3 aromatic rings. The van der Waals surface area contributed by atoms with Gasteiger partial charge in [0.25, 0.3) is 0 Å². The molecular weight excluding hydrogens is 424 g/mol. The molecular formula is C28H36N4O2. The summed E-state index contributed by atoms with van der Waals surface area (Å²) in [5.41, 5.74) is 3.61. The Balaban J connectivity index is 1.83. The summed E-state index contributed by atoms with van der Waals surface area (Å²) in [5.74, 6) is 0.553. The van der Waals surface area contributed by atoms with E-state index in [1.165, 1.54) is 0 Å². The summed E-state index contributed by atoms with van der Waals surface area (Å²) in [6, 6.07) is 19.5. The minimum atomic E-state index is -0.239. The Morgan fingerprint density at radius 1 is 1.03 bits per heavy atom. The molecule has 0 saturated heterocycles. The van der Waals surface area contributed by atoms with Crippen LogP contribution in [0.1, 0.15) is 51.4 Å². The normalized spacial score (nSPS) is 11.5.